The molecule has 134 valence electrons. The van der Waals surface area contributed by atoms with Gasteiger partial charge in [0.15, 0.2) is 6.04 Å². The first kappa shape index (κ1) is 19.4. The Bertz CT molecular complexity index is 520. The van der Waals surface area contributed by atoms with E-state index in [-0.39, 0.29) is 44.7 Å². The van der Waals surface area contributed by atoms with Crippen molar-refractivity contribution in [2.75, 3.05) is 19.9 Å². The van der Waals surface area contributed by atoms with Gasteiger partial charge in [-0.2, -0.15) is 0 Å². The first-order valence-electron chi connectivity index (χ1n) is 7.04. The van der Waals surface area contributed by atoms with E-state index in [0.717, 1.165) is 0 Å². The Kier molecular flexibility index (Phi) is 7.65. The Morgan fingerprint density at radius 1 is 1.33 bits per heavy atom. The van der Waals surface area contributed by atoms with Crippen molar-refractivity contribution < 1.29 is 34.4 Å². The van der Waals surface area contributed by atoms with Gasteiger partial charge in [-0.05, 0) is 6.08 Å². The second-order valence-corrected chi connectivity index (χ2v) is 4.87. The molecule has 2 aliphatic heterocycles. The molecule has 0 aromatic carbocycles. The number of fused-ring (bicyclic) bond motifs is 1. The molecular formula is C13H20N4O7. The second-order valence-electron chi connectivity index (χ2n) is 4.87. The van der Waals surface area contributed by atoms with E-state index in [1.165, 1.54) is 0 Å². The van der Waals surface area contributed by atoms with Crippen LogP contribution in [-0.2, 0) is 19.1 Å². The highest BCUT2D eigenvalue weighted by Crippen LogP contribution is 2.18. The standard InChI is InChI=1S/C9H14N4O3.C4H6O4/c10-7-3-6-8(9(15)12-7)11-4-13(6)5-16-2-1-14;5-3(6)1-2-4(7)8/h3-4,6,8,14H,1-2,5,10H2,(H,12,15);1-2H2,(H,5,6)(H,7,8). The van der Waals surface area contributed by atoms with Gasteiger partial charge in [-0.3, -0.25) is 19.4 Å². The summed E-state index contributed by atoms with van der Waals surface area (Å²) >= 11 is 0. The largest absolute Gasteiger partial charge is 0.481 e. The predicted molar refractivity (Wildman–Crippen MR) is 80.7 cm³/mol. The fourth-order valence-corrected chi connectivity index (χ4v) is 1.92. The summed E-state index contributed by atoms with van der Waals surface area (Å²) < 4.78 is 5.17. The smallest absolute Gasteiger partial charge is 0.303 e. The molecule has 6 N–H and O–H groups in total. The number of ether oxygens (including phenoxy) is 1. The molecular weight excluding hydrogens is 324 g/mol. The molecule has 0 spiro atoms. The third-order valence-electron chi connectivity index (χ3n) is 3.00. The summed E-state index contributed by atoms with van der Waals surface area (Å²) in [5.74, 6) is -2.02. The number of aliphatic hydroxyl groups is 1. The minimum absolute atomic E-state index is 0.0302. The topological polar surface area (TPSA) is 175 Å². The van der Waals surface area contributed by atoms with Crippen LogP contribution in [0.15, 0.2) is 16.9 Å². The van der Waals surface area contributed by atoms with Gasteiger partial charge in [-0.1, -0.05) is 0 Å². The van der Waals surface area contributed by atoms with Gasteiger partial charge in [0, 0.05) is 0 Å². The molecule has 2 rings (SSSR count). The van der Waals surface area contributed by atoms with Crippen molar-refractivity contribution in [1.29, 1.82) is 0 Å². The lowest BCUT2D eigenvalue weighted by molar-refractivity contribution is -0.143. The first-order chi connectivity index (χ1) is 11.3. The molecule has 0 saturated carbocycles. The molecule has 2 heterocycles. The van der Waals surface area contributed by atoms with Gasteiger partial charge in [0.05, 0.1) is 38.4 Å². The van der Waals surface area contributed by atoms with Crippen molar-refractivity contribution in [1.82, 2.24) is 10.2 Å². The van der Waals surface area contributed by atoms with Crippen molar-refractivity contribution in [3.63, 3.8) is 0 Å². The molecule has 0 aromatic heterocycles. The van der Waals surface area contributed by atoms with E-state index < -0.39 is 18.0 Å². The van der Waals surface area contributed by atoms with Crippen molar-refractivity contribution in [2.45, 2.75) is 24.9 Å². The molecule has 11 heteroatoms. The molecule has 0 fully saturated rings. The maximum absolute atomic E-state index is 11.5. The number of nitrogens with two attached hydrogens (primary N) is 1. The van der Waals surface area contributed by atoms with E-state index in [0.29, 0.717) is 5.82 Å². The Morgan fingerprint density at radius 2 is 1.96 bits per heavy atom. The van der Waals surface area contributed by atoms with Crippen LogP contribution < -0.4 is 11.1 Å². The number of carbonyl (C=O) groups is 3. The number of aliphatic imine (C=N–C) groups is 1. The van der Waals surface area contributed by atoms with Gasteiger partial charge in [-0.25, -0.2) is 0 Å². The summed E-state index contributed by atoms with van der Waals surface area (Å²) in [5.41, 5.74) is 5.56. The number of nitrogens with one attached hydrogen (secondary N) is 1. The molecule has 0 aromatic rings. The lowest BCUT2D eigenvalue weighted by Gasteiger charge is -2.28. The fourth-order valence-electron chi connectivity index (χ4n) is 1.92. The van der Waals surface area contributed by atoms with Crippen LogP contribution in [0.3, 0.4) is 0 Å². The minimum Gasteiger partial charge on any atom is -0.481 e. The number of aliphatic carboxylic acids is 2. The summed E-state index contributed by atoms with van der Waals surface area (Å²) in [6.07, 6.45) is 2.72. The van der Waals surface area contributed by atoms with Crippen molar-refractivity contribution in [2.24, 2.45) is 10.7 Å². The average Bonchev–Trinajstić information content (AvgIpc) is 2.89. The van der Waals surface area contributed by atoms with Crippen LogP contribution >= 0.6 is 0 Å². The van der Waals surface area contributed by atoms with E-state index in [2.05, 4.69) is 10.3 Å². The number of rotatable bonds is 7. The van der Waals surface area contributed by atoms with E-state index in [4.69, 9.17) is 25.8 Å². The van der Waals surface area contributed by atoms with Crippen LogP contribution in [0.5, 0.6) is 0 Å². The normalized spacial score (nSPS) is 21.3. The summed E-state index contributed by atoms with van der Waals surface area (Å²) in [4.78, 5) is 36.6. The van der Waals surface area contributed by atoms with Gasteiger partial charge < -0.3 is 36.0 Å². The van der Waals surface area contributed by atoms with Crippen molar-refractivity contribution >= 4 is 24.2 Å². The molecule has 0 aliphatic carbocycles. The van der Waals surface area contributed by atoms with Crippen LogP contribution in [0.25, 0.3) is 0 Å². The number of carboxylic acid groups (broad SMARTS) is 2. The first-order valence-corrected chi connectivity index (χ1v) is 7.04. The molecule has 1 amide bonds. The summed E-state index contributed by atoms with van der Waals surface area (Å²) in [6, 6.07) is -0.641. The van der Waals surface area contributed by atoms with Gasteiger partial charge in [0.2, 0.25) is 0 Å². The monoisotopic (exact) mass is 344 g/mol. The zero-order valence-corrected chi connectivity index (χ0v) is 12.8. The highest BCUT2D eigenvalue weighted by atomic mass is 16.5. The number of carbonyl (C=O) groups excluding carboxylic acids is 1. The summed E-state index contributed by atoms with van der Waals surface area (Å²) in [7, 11) is 0. The lowest BCUT2D eigenvalue weighted by Crippen LogP contribution is -2.49. The van der Waals surface area contributed by atoms with E-state index >= 15 is 0 Å². The van der Waals surface area contributed by atoms with Crippen LogP contribution in [0.2, 0.25) is 0 Å². The quantitative estimate of drug-likeness (QED) is 0.324. The molecule has 11 nitrogen and oxygen atoms in total. The number of amides is 1. The van der Waals surface area contributed by atoms with Crippen LogP contribution in [-0.4, -0.2) is 76.4 Å². The average molecular weight is 344 g/mol. The zero-order valence-electron chi connectivity index (χ0n) is 12.8. The Labute approximate surface area is 137 Å². The number of hydrogen-bond acceptors (Lipinski definition) is 8. The van der Waals surface area contributed by atoms with Crippen LogP contribution in [0.4, 0.5) is 0 Å². The molecule has 2 aliphatic rings. The highest BCUT2D eigenvalue weighted by molar-refractivity contribution is 5.89. The SMILES string of the molecule is NC1=CC2C(N=CN2COCCO)C(=O)N1.O=C(O)CCC(=O)O. The molecule has 2 atom stereocenters. The Hall–Kier alpha value is -2.66. The Morgan fingerprint density at radius 3 is 2.50 bits per heavy atom. The molecule has 24 heavy (non-hydrogen) atoms. The Balaban J connectivity index is 0.000000307. The van der Waals surface area contributed by atoms with Gasteiger partial charge in [0.25, 0.3) is 5.91 Å². The third kappa shape index (κ3) is 6.22. The molecule has 0 radical (unpaired) electrons. The van der Waals surface area contributed by atoms with Gasteiger partial charge in [0.1, 0.15) is 12.6 Å². The summed E-state index contributed by atoms with van der Waals surface area (Å²) in [6.45, 7) is 0.507. The predicted octanol–water partition coefficient (Wildman–Crippen LogP) is -2.10. The molecule has 0 bridgehead atoms. The molecule has 0 saturated heterocycles. The lowest BCUT2D eigenvalue weighted by atomic mass is 10.1. The third-order valence-corrected chi connectivity index (χ3v) is 3.00. The maximum Gasteiger partial charge on any atom is 0.303 e. The fraction of sp³-hybridized carbons (Fsp3) is 0.538. The number of hydrogen-bond donors (Lipinski definition) is 5. The van der Waals surface area contributed by atoms with Crippen LogP contribution in [0, 0.1) is 0 Å². The van der Waals surface area contributed by atoms with Gasteiger partial charge in [-0.15, -0.1) is 0 Å². The maximum atomic E-state index is 11.5. The number of nitrogens with zero attached hydrogens (tertiary/aromatic N) is 2. The second kappa shape index (κ2) is 9.47. The zero-order chi connectivity index (χ0) is 18.1. The van der Waals surface area contributed by atoms with Crippen molar-refractivity contribution in [3.05, 3.63) is 11.9 Å². The van der Waals surface area contributed by atoms with E-state index in [9.17, 15) is 14.4 Å². The number of carboxylic acids is 2. The van der Waals surface area contributed by atoms with E-state index in [1.54, 1.807) is 17.3 Å². The number of aliphatic hydroxyl groups excluding tert-OH is 1. The van der Waals surface area contributed by atoms with Crippen molar-refractivity contribution in [3.8, 4) is 0 Å². The van der Waals surface area contributed by atoms with Crippen LogP contribution in [0.1, 0.15) is 12.8 Å². The van der Waals surface area contributed by atoms with Gasteiger partial charge >= 0.3 is 11.9 Å². The van der Waals surface area contributed by atoms with E-state index in [1.807, 2.05) is 0 Å². The summed E-state index contributed by atoms with van der Waals surface area (Å²) in [5, 5.41) is 26.9. The highest BCUT2D eigenvalue weighted by Gasteiger charge is 2.37. The molecule has 2 unspecified atom stereocenters. The minimum atomic E-state index is -1.08.